The Balaban J connectivity index is 1.96. The highest BCUT2D eigenvalue weighted by molar-refractivity contribution is 6.08. The largest absolute Gasteiger partial charge is 0.492 e. The number of ketones is 1. The third-order valence-electron chi connectivity index (χ3n) is 5.62. The molecule has 0 heterocycles. The molecule has 0 atom stereocenters. The molecule has 184 valence electrons. The van der Waals surface area contributed by atoms with Crippen molar-refractivity contribution in [2.24, 2.45) is 0 Å². The average molecular weight is 473 g/mol. The first-order valence-corrected chi connectivity index (χ1v) is 11.8. The van der Waals surface area contributed by atoms with E-state index >= 15 is 0 Å². The number of rotatable bonds is 12. The summed E-state index contributed by atoms with van der Waals surface area (Å²) in [6.45, 7) is 2.61. The fraction of sp³-hybridized carbons (Fsp3) is 0.300. The molecule has 0 aromatic heterocycles. The van der Waals surface area contributed by atoms with Crippen molar-refractivity contribution in [1.82, 2.24) is 9.80 Å². The van der Waals surface area contributed by atoms with E-state index in [4.69, 9.17) is 9.47 Å². The maximum absolute atomic E-state index is 13.2. The second-order valence-corrected chi connectivity index (χ2v) is 9.09. The van der Waals surface area contributed by atoms with Crippen molar-refractivity contribution in [2.75, 3.05) is 48.5 Å². The summed E-state index contributed by atoms with van der Waals surface area (Å²) in [6, 6.07) is 22.1. The van der Waals surface area contributed by atoms with Crippen LogP contribution in [0.2, 0.25) is 0 Å². The third-order valence-corrected chi connectivity index (χ3v) is 5.62. The highest BCUT2D eigenvalue weighted by Gasteiger charge is 2.12. The van der Waals surface area contributed by atoms with Crippen molar-refractivity contribution in [2.45, 2.75) is 13.2 Å². The van der Waals surface area contributed by atoms with E-state index in [0.717, 1.165) is 40.1 Å². The van der Waals surface area contributed by atoms with Crippen molar-refractivity contribution >= 4 is 11.9 Å². The van der Waals surface area contributed by atoms with Gasteiger partial charge in [0, 0.05) is 31.3 Å². The van der Waals surface area contributed by atoms with Gasteiger partial charge in [0.15, 0.2) is 5.78 Å². The number of hydrogen-bond acceptors (Lipinski definition) is 5. The predicted molar refractivity (Wildman–Crippen MR) is 144 cm³/mol. The summed E-state index contributed by atoms with van der Waals surface area (Å²) in [5.74, 6) is 0.734. The molecule has 3 aromatic rings. The fourth-order valence-electron chi connectivity index (χ4n) is 3.89. The highest BCUT2D eigenvalue weighted by Crippen LogP contribution is 2.30. The zero-order valence-corrected chi connectivity index (χ0v) is 21.5. The van der Waals surface area contributed by atoms with Gasteiger partial charge in [0.1, 0.15) is 12.4 Å². The fourth-order valence-corrected chi connectivity index (χ4v) is 3.89. The van der Waals surface area contributed by atoms with Gasteiger partial charge in [-0.3, -0.25) is 4.79 Å². The first kappa shape index (κ1) is 26.4. The van der Waals surface area contributed by atoms with Gasteiger partial charge in [-0.05, 0) is 74.7 Å². The van der Waals surface area contributed by atoms with E-state index in [2.05, 4.69) is 34.1 Å². The molecule has 3 rings (SSSR count). The number of ether oxygens (including phenoxy) is 2. The lowest BCUT2D eigenvalue weighted by atomic mass is 9.97. The summed E-state index contributed by atoms with van der Waals surface area (Å²) < 4.78 is 11.5. The molecule has 0 N–H and O–H groups in total. The molecule has 5 heteroatoms. The summed E-state index contributed by atoms with van der Waals surface area (Å²) in [6.07, 6.45) is 3.51. The van der Waals surface area contributed by atoms with Gasteiger partial charge in [0.2, 0.25) is 0 Å². The number of benzene rings is 3. The lowest BCUT2D eigenvalue weighted by Gasteiger charge is -2.15. The smallest absolute Gasteiger partial charge is 0.186 e. The van der Waals surface area contributed by atoms with E-state index in [1.807, 2.05) is 76.7 Å². The van der Waals surface area contributed by atoms with Crippen LogP contribution in [0.1, 0.15) is 27.0 Å². The molecule has 35 heavy (non-hydrogen) atoms. The van der Waals surface area contributed by atoms with Crippen molar-refractivity contribution in [3.8, 4) is 16.9 Å². The molecule has 0 unspecified atom stereocenters. The monoisotopic (exact) mass is 472 g/mol. The van der Waals surface area contributed by atoms with Crippen LogP contribution in [0.3, 0.4) is 0 Å². The zero-order valence-electron chi connectivity index (χ0n) is 21.5. The Morgan fingerprint density at radius 3 is 2.31 bits per heavy atom. The average Bonchev–Trinajstić information content (AvgIpc) is 2.83. The lowest BCUT2D eigenvalue weighted by Crippen LogP contribution is -2.19. The molecule has 0 fully saturated rings. The van der Waals surface area contributed by atoms with Crippen LogP contribution >= 0.6 is 0 Å². The van der Waals surface area contributed by atoms with Crippen molar-refractivity contribution in [1.29, 1.82) is 0 Å². The Morgan fingerprint density at radius 1 is 0.886 bits per heavy atom. The van der Waals surface area contributed by atoms with Crippen LogP contribution in [0.25, 0.3) is 17.2 Å². The topological polar surface area (TPSA) is 42.0 Å². The molecule has 0 saturated heterocycles. The van der Waals surface area contributed by atoms with E-state index in [1.54, 1.807) is 13.2 Å². The summed E-state index contributed by atoms with van der Waals surface area (Å²) in [7, 11) is 9.74. The van der Waals surface area contributed by atoms with E-state index in [1.165, 1.54) is 0 Å². The maximum Gasteiger partial charge on any atom is 0.186 e. The van der Waals surface area contributed by atoms with Crippen LogP contribution in [0.15, 0.2) is 72.8 Å². The Hall–Kier alpha value is -3.25. The van der Waals surface area contributed by atoms with Gasteiger partial charge in [-0.15, -0.1) is 0 Å². The van der Waals surface area contributed by atoms with Crippen molar-refractivity contribution in [3.05, 3.63) is 95.1 Å². The van der Waals surface area contributed by atoms with Crippen LogP contribution < -0.4 is 4.74 Å². The minimum Gasteiger partial charge on any atom is -0.492 e. The second-order valence-electron chi connectivity index (χ2n) is 9.09. The zero-order chi connectivity index (χ0) is 25.2. The Labute approximate surface area is 209 Å². The predicted octanol–water partition coefficient (Wildman–Crippen LogP) is 5.40. The number of methoxy groups -OCH3 is 1. The Kier molecular flexibility index (Phi) is 9.79. The number of allylic oxidation sites excluding steroid dienone is 1. The molecule has 0 radical (unpaired) electrons. The molecule has 0 bridgehead atoms. The van der Waals surface area contributed by atoms with E-state index in [-0.39, 0.29) is 5.78 Å². The minimum atomic E-state index is -0.0214. The standard InChI is InChI=1S/C30H36N2O3/c1-31(2)18-19-35-30-17-15-23(27-12-8-7-11-26(27)22-34-5)20-24(30)14-16-29(33)28-13-9-6-10-25(28)21-32(3)4/h6-17,20H,18-19,21-22H2,1-5H3. The molecular weight excluding hydrogens is 436 g/mol. The number of carbonyl (C=O) groups excluding carboxylic acids is 1. The Bertz CT molecular complexity index is 1150. The summed E-state index contributed by atoms with van der Waals surface area (Å²) in [5.41, 5.74) is 5.86. The molecule has 0 aliphatic carbocycles. The summed E-state index contributed by atoms with van der Waals surface area (Å²) >= 11 is 0. The second kappa shape index (κ2) is 13.0. The summed E-state index contributed by atoms with van der Waals surface area (Å²) in [5, 5.41) is 0. The number of hydrogen-bond donors (Lipinski definition) is 0. The lowest BCUT2D eigenvalue weighted by molar-refractivity contribution is 0.104. The van der Waals surface area contributed by atoms with Gasteiger partial charge >= 0.3 is 0 Å². The first-order valence-electron chi connectivity index (χ1n) is 11.8. The number of likely N-dealkylation sites (N-methyl/N-ethyl adjacent to an activating group) is 1. The van der Waals surface area contributed by atoms with Crippen molar-refractivity contribution < 1.29 is 14.3 Å². The van der Waals surface area contributed by atoms with Crippen LogP contribution in [-0.2, 0) is 17.9 Å². The van der Waals surface area contributed by atoms with Gasteiger partial charge in [-0.1, -0.05) is 54.6 Å². The van der Waals surface area contributed by atoms with Crippen molar-refractivity contribution in [3.63, 3.8) is 0 Å². The molecule has 0 amide bonds. The van der Waals surface area contributed by atoms with Gasteiger partial charge in [-0.25, -0.2) is 0 Å². The van der Waals surface area contributed by atoms with Gasteiger partial charge in [-0.2, -0.15) is 0 Å². The molecular formula is C30H36N2O3. The first-order chi connectivity index (χ1) is 16.9. The quantitative estimate of drug-likeness (QED) is 0.261. The van der Waals surface area contributed by atoms with Gasteiger partial charge < -0.3 is 19.3 Å². The van der Waals surface area contributed by atoms with Gasteiger partial charge in [0.25, 0.3) is 0 Å². The molecule has 0 aliphatic heterocycles. The van der Waals surface area contributed by atoms with Gasteiger partial charge in [0.05, 0.1) is 6.61 Å². The van der Waals surface area contributed by atoms with Crippen LogP contribution in [0, 0.1) is 0 Å². The van der Waals surface area contributed by atoms with E-state index in [0.29, 0.717) is 25.3 Å². The number of carbonyl (C=O) groups is 1. The SMILES string of the molecule is COCc1ccccc1-c1ccc(OCCN(C)C)c(C=CC(=O)c2ccccc2CN(C)C)c1. The molecule has 0 spiro atoms. The van der Waals surface area contributed by atoms with E-state index in [9.17, 15) is 4.79 Å². The summed E-state index contributed by atoms with van der Waals surface area (Å²) in [4.78, 5) is 17.3. The van der Waals surface area contributed by atoms with Crippen LogP contribution in [-0.4, -0.2) is 64.0 Å². The number of nitrogens with zero attached hydrogens (tertiary/aromatic N) is 2. The normalized spacial score (nSPS) is 11.5. The third kappa shape index (κ3) is 7.62. The van der Waals surface area contributed by atoms with E-state index < -0.39 is 0 Å². The molecule has 0 aliphatic rings. The highest BCUT2D eigenvalue weighted by atomic mass is 16.5. The molecule has 5 nitrogen and oxygen atoms in total. The Morgan fingerprint density at radius 2 is 1.60 bits per heavy atom. The maximum atomic E-state index is 13.2. The van der Waals surface area contributed by atoms with Crippen LogP contribution in [0.4, 0.5) is 0 Å². The minimum absolute atomic E-state index is 0.0214. The van der Waals surface area contributed by atoms with Crippen LogP contribution in [0.5, 0.6) is 5.75 Å². The molecule has 0 saturated carbocycles. The molecule has 3 aromatic carbocycles.